The highest BCUT2D eigenvalue weighted by Gasteiger charge is 2.23. The first-order chi connectivity index (χ1) is 13.5. The van der Waals surface area contributed by atoms with E-state index in [1.807, 2.05) is 33.8 Å². The molecule has 2 rings (SSSR count). The fourth-order valence-electron chi connectivity index (χ4n) is 3.02. The van der Waals surface area contributed by atoms with Crippen LogP contribution in [0.25, 0.3) is 0 Å². The van der Waals surface area contributed by atoms with Gasteiger partial charge < -0.3 is 9.08 Å². The molecule has 158 valence electrons. The summed E-state index contributed by atoms with van der Waals surface area (Å²) < 4.78 is 30.8. The molecule has 5 nitrogen and oxygen atoms in total. The van der Waals surface area contributed by atoms with E-state index in [2.05, 4.69) is 0 Å². The molecule has 0 saturated carbocycles. The van der Waals surface area contributed by atoms with Crippen LogP contribution in [0.15, 0.2) is 47.4 Å². The molecule has 0 aliphatic rings. The number of halogens is 1. The minimum Gasteiger partial charge on any atom is -0.379 e. The zero-order chi connectivity index (χ0) is 21.8. The van der Waals surface area contributed by atoms with E-state index < -0.39 is 10.1 Å². The number of amides is 1. The molecular weight excluding hydrogens is 410 g/mol. The fourth-order valence-corrected chi connectivity index (χ4v) is 4.73. The Morgan fingerprint density at radius 2 is 1.76 bits per heavy atom. The van der Waals surface area contributed by atoms with E-state index in [1.54, 1.807) is 42.2 Å². The van der Waals surface area contributed by atoms with E-state index in [0.717, 1.165) is 5.56 Å². The van der Waals surface area contributed by atoms with E-state index in [1.165, 1.54) is 6.07 Å². The molecule has 0 spiro atoms. The van der Waals surface area contributed by atoms with Gasteiger partial charge in [-0.05, 0) is 56.0 Å². The number of aryl methyl sites for hydroxylation is 1. The van der Waals surface area contributed by atoms with Crippen molar-refractivity contribution in [2.45, 2.75) is 58.5 Å². The summed E-state index contributed by atoms with van der Waals surface area (Å²) in [6.07, 6.45) is 0.467. The normalized spacial score (nSPS) is 11.7. The van der Waals surface area contributed by atoms with Gasteiger partial charge in [0.2, 0.25) is 5.91 Å². The van der Waals surface area contributed by atoms with Crippen LogP contribution >= 0.6 is 11.6 Å². The Bertz CT molecular complexity index is 950. The first-order valence-corrected chi connectivity index (χ1v) is 11.4. The van der Waals surface area contributed by atoms with Gasteiger partial charge in [-0.15, -0.1) is 0 Å². The topological polar surface area (TPSA) is 63.7 Å². The predicted octanol–water partition coefficient (Wildman–Crippen LogP) is 5.20. The molecular formula is C22H28ClNO4S. The van der Waals surface area contributed by atoms with Gasteiger partial charge in [-0.2, -0.15) is 8.42 Å². The van der Waals surface area contributed by atoms with Crippen LogP contribution in [0.5, 0.6) is 5.75 Å². The van der Waals surface area contributed by atoms with Gasteiger partial charge in [-0.25, -0.2) is 0 Å². The van der Waals surface area contributed by atoms with Crippen molar-refractivity contribution in [1.29, 1.82) is 0 Å². The summed E-state index contributed by atoms with van der Waals surface area (Å²) >= 11 is 6.09. The van der Waals surface area contributed by atoms with Gasteiger partial charge in [0.15, 0.2) is 0 Å². The standard InChI is InChI=1S/C22H28ClNO4S/c1-15(2)12-21(25)24(16(3)4)14-18-9-7-10-19(13-18)28-29(26,27)22-17(5)8-6-11-20(22)23/h6-11,13,15-16H,12,14H2,1-5H3. The molecule has 0 aliphatic heterocycles. The Labute approximate surface area is 178 Å². The first-order valence-electron chi connectivity index (χ1n) is 9.59. The van der Waals surface area contributed by atoms with E-state index in [0.29, 0.717) is 18.5 Å². The maximum absolute atomic E-state index is 12.7. The SMILES string of the molecule is Cc1cccc(Cl)c1S(=O)(=O)Oc1cccc(CN(C(=O)CC(C)C)C(C)C)c1. The maximum atomic E-state index is 12.7. The lowest BCUT2D eigenvalue weighted by molar-refractivity contribution is -0.134. The van der Waals surface area contributed by atoms with Crippen LogP contribution in [0.1, 0.15) is 45.2 Å². The molecule has 0 heterocycles. The zero-order valence-electron chi connectivity index (χ0n) is 17.5. The summed E-state index contributed by atoms with van der Waals surface area (Å²) in [5.41, 5.74) is 1.30. The average Bonchev–Trinajstić information content (AvgIpc) is 2.58. The monoisotopic (exact) mass is 437 g/mol. The lowest BCUT2D eigenvalue weighted by Crippen LogP contribution is -2.36. The molecule has 0 atom stereocenters. The van der Waals surface area contributed by atoms with Gasteiger partial charge in [0, 0.05) is 19.0 Å². The van der Waals surface area contributed by atoms with Crippen molar-refractivity contribution in [3.63, 3.8) is 0 Å². The molecule has 7 heteroatoms. The van der Waals surface area contributed by atoms with Crippen molar-refractivity contribution in [1.82, 2.24) is 4.90 Å². The minimum atomic E-state index is -4.08. The van der Waals surface area contributed by atoms with E-state index in [-0.39, 0.29) is 33.5 Å². The van der Waals surface area contributed by atoms with Crippen molar-refractivity contribution < 1.29 is 17.4 Å². The molecule has 0 saturated heterocycles. The third-order valence-electron chi connectivity index (χ3n) is 4.40. The Hall–Kier alpha value is -2.05. The third kappa shape index (κ3) is 6.21. The van der Waals surface area contributed by atoms with Gasteiger partial charge >= 0.3 is 10.1 Å². The van der Waals surface area contributed by atoms with Crippen molar-refractivity contribution >= 4 is 27.6 Å². The number of hydrogen-bond donors (Lipinski definition) is 0. The predicted molar refractivity (Wildman–Crippen MR) is 116 cm³/mol. The summed E-state index contributed by atoms with van der Waals surface area (Å²) in [5.74, 6) is 0.518. The van der Waals surface area contributed by atoms with Crippen LogP contribution in [0.4, 0.5) is 0 Å². The largest absolute Gasteiger partial charge is 0.379 e. The molecule has 0 aromatic heterocycles. The molecule has 0 N–H and O–H groups in total. The molecule has 0 unspecified atom stereocenters. The summed E-state index contributed by atoms with van der Waals surface area (Å²) in [4.78, 5) is 14.3. The molecule has 0 bridgehead atoms. The second-order valence-corrected chi connectivity index (χ2v) is 9.67. The Morgan fingerprint density at radius 1 is 1.10 bits per heavy atom. The Morgan fingerprint density at radius 3 is 2.34 bits per heavy atom. The van der Waals surface area contributed by atoms with Crippen LogP contribution in [-0.4, -0.2) is 25.3 Å². The van der Waals surface area contributed by atoms with Crippen molar-refractivity contribution in [3.8, 4) is 5.75 Å². The lowest BCUT2D eigenvalue weighted by atomic mass is 10.1. The zero-order valence-corrected chi connectivity index (χ0v) is 19.0. The summed E-state index contributed by atoms with van der Waals surface area (Å²) in [5, 5.41) is 0.117. The van der Waals surface area contributed by atoms with Crippen LogP contribution in [0, 0.1) is 12.8 Å². The van der Waals surface area contributed by atoms with Crippen LogP contribution in [0.3, 0.4) is 0 Å². The number of hydrogen-bond acceptors (Lipinski definition) is 4. The molecule has 0 aliphatic carbocycles. The first kappa shape index (κ1) is 23.2. The second-order valence-electron chi connectivity index (χ2n) is 7.78. The van der Waals surface area contributed by atoms with E-state index in [4.69, 9.17) is 15.8 Å². The summed E-state index contributed by atoms with van der Waals surface area (Å²) in [7, 11) is -4.08. The van der Waals surface area contributed by atoms with Gasteiger partial charge in [-0.1, -0.05) is 49.7 Å². The second kappa shape index (κ2) is 9.63. The van der Waals surface area contributed by atoms with E-state index >= 15 is 0 Å². The fraction of sp³-hybridized carbons (Fsp3) is 0.409. The Kier molecular flexibility index (Phi) is 7.72. The highest BCUT2D eigenvalue weighted by Crippen LogP contribution is 2.28. The molecule has 2 aromatic carbocycles. The van der Waals surface area contributed by atoms with Gasteiger partial charge in [0.05, 0.1) is 5.02 Å². The van der Waals surface area contributed by atoms with Gasteiger partial charge in [0.1, 0.15) is 10.6 Å². The van der Waals surface area contributed by atoms with Crippen LogP contribution in [-0.2, 0) is 21.5 Å². The smallest absolute Gasteiger partial charge is 0.340 e. The average molecular weight is 438 g/mol. The van der Waals surface area contributed by atoms with Crippen LogP contribution in [0.2, 0.25) is 5.02 Å². The maximum Gasteiger partial charge on any atom is 0.340 e. The third-order valence-corrected chi connectivity index (χ3v) is 6.28. The number of rotatable bonds is 8. The highest BCUT2D eigenvalue weighted by atomic mass is 35.5. The number of carbonyl (C=O) groups is 1. The van der Waals surface area contributed by atoms with Crippen LogP contribution < -0.4 is 4.18 Å². The molecule has 29 heavy (non-hydrogen) atoms. The molecule has 0 radical (unpaired) electrons. The number of nitrogens with zero attached hydrogens (tertiary/aromatic N) is 1. The summed E-state index contributed by atoms with van der Waals surface area (Å²) in [6.45, 7) is 9.98. The molecule has 2 aromatic rings. The quantitative estimate of drug-likeness (QED) is 0.532. The van der Waals surface area contributed by atoms with Gasteiger partial charge in [-0.3, -0.25) is 4.79 Å². The van der Waals surface area contributed by atoms with Crippen molar-refractivity contribution in [3.05, 3.63) is 58.6 Å². The van der Waals surface area contributed by atoms with E-state index in [9.17, 15) is 13.2 Å². The number of carbonyl (C=O) groups excluding carboxylic acids is 1. The summed E-state index contributed by atoms with van der Waals surface area (Å²) in [6, 6.07) is 11.7. The molecule has 1 amide bonds. The van der Waals surface area contributed by atoms with Crippen molar-refractivity contribution in [2.75, 3.05) is 0 Å². The molecule has 0 fully saturated rings. The highest BCUT2D eigenvalue weighted by molar-refractivity contribution is 7.87. The number of benzene rings is 2. The lowest BCUT2D eigenvalue weighted by Gasteiger charge is -2.28. The minimum absolute atomic E-state index is 0.0281. The Balaban J connectivity index is 2.26. The van der Waals surface area contributed by atoms with Crippen molar-refractivity contribution in [2.24, 2.45) is 5.92 Å². The van der Waals surface area contributed by atoms with Gasteiger partial charge in [0.25, 0.3) is 0 Å².